The van der Waals surface area contributed by atoms with Crippen LogP contribution in [0.1, 0.15) is 11.3 Å². The van der Waals surface area contributed by atoms with Gasteiger partial charge in [-0.15, -0.1) is 0 Å². The number of carbonyl (C=O) groups excluding carboxylic acids is 1. The van der Waals surface area contributed by atoms with Crippen LogP contribution in [0.15, 0.2) is 66.7 Å². The summed E-state index contributed by atoms with van der Waals surface area (Å²) in [6, 6.07) is 21.7. The Morgan fingerprint density at radius 3 is 2.81 bits per heavy atom. The Morgan fingerprint density at radius 2 is 1.94 bits per heavy atom. The van der Waals surface area contributed by atoms with E-state index in [1.165, 1.54) is 11.3 Å². The van der Waals surface area contributed by atoms with Gasteiger partial charge in [0.15, 0.2) is 0 Å². The molecular formula is C24H20N4O2S. The van der Waals surface area contributed by atoms with Gasteiger partial charge in [-0.1, -0.05) is 53.8 Å². The molecule has 0 bridgehead atoms. The molecule has 1 N–H and O–H groups in total. The first-order valence-electron chi connectivity index (χ1n) is 9.89. The van der Waals surface area contributed by atoms with E-state index in [9.17, 15) is 4.79 Å². The highest BCUT2D eigenvalue weighted by atomic mass is 32.1. The van der Waals surface area contributed by atoms with Gasteiger partial charge in [-0.3, -0.25) is 4.79 Å². The highest BCUT2D eigenvalue weighted by Crippen LogP contribution is 2.30. The van der Waals surface area contributed by atoms with Gasteiger partial charge in [0.25, 0.3) is 0 Å². The Labute approximate surface area is 183 Å². The van der Waals surface area contributed by atoms with Crippen LogP contribution >= 0.6 is 11.3 Å². The zero-order chi connectivity index (χ0) is 21.4. The molecule has 0 saturated carbocycles. The van der Waals surface area contributed by atoms with Crippen molar-refractivity contribution in [2.45, 2.75) is 13.3 Å². The number of amides is 1. The molecule has 0 spiro atoms. The fourth-order valence-corrected chi connectivity index (χ4v) is 4.57. The molecule has 2 aromatic heterocycles. The second kappa shape index (κ2) is 7.85. The lowest BCUT2D eigenvalue weighted by Gasteiger charge is -2.08. The fraction of sp³-hybridized carbons (Fsp3) is 0.125. The Kier molecular flexibility index (Phi) is 4.88. The van der Waals surface area contributed by atoms with Crippen molar-refractivity contribution in [3.63, 3.8) is 0 Å². The van der Waals surface area contributed by atoms with Crippen LogP contribution in [0.2, 0.25) is 0 Å². The molecule has 0 aliphatic heterocycles. The van der Waals surface area contributed by atoms with Crippen LogP contribution in [0.3, 0.4) is 0 Å². The molecule has 1 amide bonds. The summed E-state index contributed by atoms with van der Waals surface area (Å²) in [6.45, 7) is 1.90. The smallest absolute Gasteiger partial charge is 0.229 e. The van der Waals surface area contributed by atoms with E-state index in [4.69, 9.17) is 4.74 Å². The number of hydrogen-bond acceptors (Lipinski definition) is 5. The number of aromatic nitrogens is 3. The average Bonchev–Trinajstić information content (AvgIpc) is 3.36. The molecule has 0 aliphatic rings. The molecule has 0 fully saturated rings. The largest absolute Gasteiger partial charge is 0.497 e. The number of fused-ring (bicyclic) bond motifs is 2. The number of nitrogens with one attached hydrogen (secondary N) is 1. The van der Waals surface area contributed by atoms with E-state index in [0.29, 0.717) is 10.9 Å². The predicted octanol–water partition coefficient (Wildman–Crippen LogP) is 5.13. The number of rotatable bonds is 5. The first kappa shape index (κ1) is 19.3. The molecule has 2 heterocycles. The molecule has 0 radical (unpaired) electrons. The quantitative estimate of drug-likeness (QED) is 0.421. The number of anilines is 1. The predicted molar refractivity (Wildman–Crippen MR) is 124 cm³/mol. The van der Waals surface area contributed by atoms with Gasteiger partial charge in [0.05, 0.1) is 29.4 Å². The van der Waals surface area contributed by atoms with Gasteiger partial charge in [0, 0.05) is 12.1 Å². The van der Waals surface area contributed by atoms with Gasteiger partial charge in [0.2, 0.25) is 11.0 Å². The Morgan fingerprint density at radius 1 is 1.10 bits per heavy atom. The highest BCUT2D eigenvalue weighted by molar-refractivity contribution is 7.20. The molecule has 5 aromatic rings. The standard InChI is InChI=1S/C24H20N4O2S/c1-15-12-22(26-23(29)13-17-8-5-7-16-6-3-4-9-19(16)17)28(27-15)24-25-20-14-18(30-2)10-11-21(20)31-24/h3-12,14H,13H2,1-2H3,(H,26,29). The number of aryl methyl sites for hydroxylation is 1. The summed E-state index contributed by atoms with van der Waals surface area (Å²) >= 11 is 1.51. The van der Waals surface area contributed by atoms with Crippen LogP contribution < -0.4 is 10.1 Å². The van der Waals surface area contributed by atoms with Gasteiger partial charge in [0.1, 0.15) is 11.6 Å². The molecule has 5 rings (SSSR count). The van der Waals surface area contributed by atoms with Gasteiger partial charge in [-0.25, -0.2) is 4.98 Å². The summed E-state index contributed by atoms with van der Waals surface area (Å²) in [6.07, 6.45) is 0.280. The first-order chi connectivity index (χ1) is 15.1. The number of carbonyl (C=O) groups is 1. The molecule has 0 atom stereocenters. The Balaban J connectivity index is 1.43. The molecule has 3 aromatic carbocycles. The van der Waals surface area contributed by atoms with E-state index >= 15 is 0 Å². The minimum absolute atomic E-state index is 0.0970. The van der Waals surface area contributed by atoms with E-state index in [0.717, 1.165) is 38.0 Å². The van der Waals surface area contributed by atoms with Crippen molar-refractivity contribution in [1.29, 1.82) is 0 Å². The SMILES string of the molecule is COc1ccc2sc(-n3nc(C)cc3NC(=O)Cc3cccc4ccccc34)nc2c1. The Bertz CT molecular complexity index is 1410. The number of ether oxygens (including phenoxy) is 1. The minimum Gasteiger partial charge on any atom is -0.497 e. The summed E-state index contributed by atoms with van der Waals surface area (Å²) in [5, 5.41) is 10.5. The maximum absolute atomic E-state index is 12.9. The maximum Gasteiger partial charge on any atom is 0.229 e. The minimum atomic E-state index is -0.0970. The molecule has 0 aliphatic carbocycles. The molecule has 0 saturated heterocycles. The van der Waals surface area contributed by atoms with Crippen molar-refractivity contribution >= 4 is 44.1 Å². The van der Waals surface area contributed by atoms with E-state index in [1.807, 2.05) is 61.5 Å². The van der Waals surface area contributed by atoms with Crippen LogP contribution in [0.4, 0.5) is 5.82 Å². The lowest BCUT2D eigenvalue weighted by molar-refractivity contribution is -0.115. The zero-order valence-electron chi connectivity index (χ0n) is 17.1. The van der Waals surface area contributed by atoms with Gasteiger partial charge < -0.3 is 10.1 Å². The van der Waals surface area contributed by atoms with Crippen molar-refractivity contribution < 1.29 is 9.53 Å². The summed E-state index contributed by atoms with van der Waals surface area (Å²) in [5.74, 6) is 1.26. The van der Waals surface area contributed by atoms with Crippen molar-refractivity contribution in [2.24, 2.45) is 0 Å². The monoisotopic (exact) mass is 428 g/mol. The van der Waals surface area contributed by atoms with Crippen molar-refractivity contribution in [1.82, 2.24) is 14.8 Å². The molecule has 7 heteroatoms. The van der Waals surface area contributed by atoms with Crippen LogP contribution in [-0.4, -0.2) is 27.8 Å². The summed E-state index contributed by atoms with van der Waals surface area (Å²) < 4.78 is 8.00. The van der Waals surface area contributed by atoms with Crippen molar-refractivity contribution in [3.05, 3.63) is 78.0 Å². The average molecular weight is 429 g/mol. The summed E-state index contributed by atoms with van der Waals surface area (Å²) in [7, 11) is 1.63. The normalized spacial score (nSPS) is 11.2. The third kappa shape index (κ3) is 3.75. The third-order valence-electron chi connectivity index (χ3n) is 5.09. The lowest BCUT2D eigenvalue weighted by Crippen LogP contribution is -2.17. The van der Waals surface area contributed by atoms with E-state index in [1.54, 1.807) is 11.8 Å². The van der Waals surface area contributed by atoms with E-state index in [-0.39, 0.29) is 12.3 Å². The molecule has 31 heavy (non-hydrogen) atoms. The highest BCUT2D eigenvalue weighted by Gasteiger charge is 2.16. The van der Waals surface area contributed by atoms with Gasteiger partial charge >= 0.3 is 0 Å². The number of thiazole rings is 1. The molecule has 154 valence electrons. The van der Waals surface area contributed by atoms with Crippen LogP contribution in [0.25, 0.3) is 26.1 Å². The van der Waals surface area contributed by atoms with Gasteiger partial charge in [-0.05, 0) is 35.4 Å². The molecular weight excluding hydrogens is 408 g/mol. The third-order valence-corrected chi connectivity index (χ3v) is 6.11. The van der Waals surface area contributed by atoms with E-state index in [2.05, 4.69) is 27.5 Å². The second-order valence-corrected chi connectivity index (χ2v) is 8.29. The lowest BCUT2D eigenvalue weighted by atomic mass is 10.0. The fourth-order valence-electron chi connectivity index (χ4n) is 3.65. The maximum atomic E-state index is 12.9. The van der Waals surface area contributed by atoms with E-state index < -0.39 is 0 Å². The Hall–Kier alpha value is -3.71. The van der Waals surface area contributed by atoms with Crippen LogP contribution in [0, 0.1) is 6.92 Å². The topological polar surface area (TPSA) is 69.0 Å². The zero-order valence-corrected chi connectivity index (χ0v) is 17.9. The number of methoxy groups -OCH3 is 1. The first-order valence-corrected chi connectivity index (χ1v) is 10.7. The van der Waals surface area contributed by atoms with Crippen LogP contribution in [0.5, 0.6) is 5.75 Å². The van der Waals surface area contributed by atoms with Gasteiger partial charge in [-0.2, -0.15) is 9.78 Å². The van der Waals surface area contributed by atoms with Crippen LogP contribution in [-0.2, 0) is 11.2 Å². The summed E-state index contributed by atoms with van der Waals surface area (Å²) in [4.78, 5) is 17.6. The number of hydrogen-bond donors (Lipinski definition) is 1. The molecule has 6 nitrogen and oxygen atoms in total. The van der Waals surface area contributed by atoms with Crippen molar-refractivity contribution in [2.75, 3.05) is 12.4 Å². The number of benzene rings is 3. The summed E-state index contributed by atoms with van der Waals surface area (Å²) in [5.41, 5.74) is 2.63. The molecule has 0 unspecified atom stereocenters. The second-order valence-electron chi connectivity index (χ2n) is 7.28. The van der Waals surface area contributed by atoms with Crippen molar-refractivity contribution in [3.8, 4) is 10.9 Å². The number of nitrogens with zero attached hydrogens (tertiary/aromatic N) is 3.